The van der Waals surface area contributed by atoms with Gasteiger partial charge >= 0.3 is 5.97 Å². The summed E-state index contributed by atoms with van der Waals surface area (Å²) in [5.41, 5.74) is 0.804. The summed E-state index contributed by atoms with van der Waals surface area (Å²) in [6.45, 7) is 7.68. The Balaban J connectivity index is 2.61. The van der Waals surface area contributed by atoms with Crippen LogP contribution in [0.4, 0.5) is 0 Å². The van der Waals surface area contributed by atoms with E-state index >= 15 is 0 Å². The van der Waals surface area contributed by atoms with Crippen LogP contribution in [0.5, 0.6) is 0 Å². The van der Waals surface area contributed by atoms with Gasteiger partial charge in [-0.2, -0.15) is 0 Å². The molecule has 1 heterocycles. The number of aromatic nitrogens is 1. The van der Waals surface area contributed by atoms with E-state index in [-0.39, 0.29) is 12.6 Å². The van der Waals surface area contributed by atoms with Gasteiger partial charge in [0.15, 0.2) is 0 Å². The van der Waals surface area contributed by atoms with Gasteiger partial charge in [-0.3, -0.25) is 4.90 Å². The van der Waals surface area contributed by atoms with Crippen LogP contribution in [0.25, 0.3) is 0 Å². The Morgan fingerprint density at radius 3 is 3.11 bits per heavy atom. The zero-order chi connectivity index (χ0) is 13.4. The molecule has 0 saturated heterocycles. The molecular weight excluding hydrogens is 252 g/mol. The minimum atomic E-state index is -0.383. The highest BCUT2D eigenvalue weighted by atomic mass is 32.1. The van der Waals surface area contributed by atoms with Crippen LogP contribution in [-0.4, -0.2) is 47.3 Å². The average Bonchev–Trinajstić information content (AvgIpc) is 2.78. The Hall–Kier alpha value is -1.24. The molecular formula is C12H18N2O3S. The van der Waals surface area contributed by atoms with Gasteiger partial charge in [0, 0.05) is 25.0 Å². The van der Waals surface area contributed by atoms with Crippen LogP contribution in [0.2, 0.25) is 0 Å². The summed E-state index contributed by atoms with van der Waals surface area (Å²) >= 11 is 1.28. The topological polar surface area (TPSA) is 62.7 Å². The van der Waals surface area contributed by atoms with Crippen LogP contribution in [0.15, 0.2) is 18.0 Å². The molecule has 0 aliphatic rings. The van der Waals surface area contributed by atoms with E-state index in [1.807, 2.05) is 10.3 Å². The highest BCUT2D eigenvalue weighted by Gasteiger charge is 2.13. The monoisotopic (exact) mass is 270 g/mol. The molecule has 18 heavy (non-hydrogen) atoms. The minimum Gasteiger partial charge on any atom is -0.461 e. The van der Waals surface area contributed by atoms with Crippen molar-refractivity contribution >= 4 is 17.3 Å². The smallest absolute Gasteiger partial charge is 0.367 e. The molecule has 0 aliphatic heterocycles. The quantitative estimate of drug-likeness (QED) is 0.570. The van der Waals surface area contributed by atoms with E-state index in [0.29, 0.717) is 31.2 Å². The van der Waals surface area contributed by atoms with E-state index in [4.69, 9.17) is 9.84 Å². The molecule has 0 spiro atoms. The fourth-order valence-corrected chi connectivity index (χ4v) is 2.15. The second-order valence-electron chi connectivity index (χ2n) is 3.61. The number of nitrogens with zero attached hydrogens (tertiary/aromatic N) is 2. The average molecular weight is 270 g/mol. The number of ether oxygens (including phenoxy) is 1. The van der Waals surface area contributed by atoms with E-state index in [2.05, 4.69) is 11.6 Å². The molecule has 0 unspecified atom stereocenters. The Kier molecular flexibility index (Phi) is 6.56. The van der Waals surface area contributed by atoms with Gasteiger partial charge < -0.3 is 9.84 Å². The van der Waals surface area contributed by atoms with Crippen molar-refractivity contribution in [2.45, 2.75) is 13.5 Å². The van der Waals surface area contributed by atoms with E-state index in [0.717, 1.165) is 5.69 Å². The van der Waals surface area contributed by atoms with Crippen molar-refractivity contribution in [1.82, 2.24) is 9.88 Å². The predicted molar refractivity (Wildman–Crippen MR) is 70.6 cm³/mol. The first kappa shape index (κ1) is 14.8. The maximum atomic E-state index is 11.5. The Labute approximate surface area is 111 Å². The van der Waals surface area contributed by atoms with Gasteiger partial charge in [-0.25, -0.2) is 9.78 Å². The lowest BCUT2D eigenvalue weighted by atomic mass is 10.4. The zero-order valence-corrected chi connectivity index (χ0v) is 11.3. The van der Waals surface area contributed by atoms with Gasteiger partial charge in [0.05, 0.1) is 18.9 Å². The van der Waals surface area contributed by atoms with Crippen LogP contribution >= 0.6 is 11.3 Å². The van der Waals surface area contributed by atoms with Crippen LogP contribution in [0.3, 0.4) is 0 Å². The first-order valence-electron chi connectivity index (χ1n) is 5.76. The van der Waals surface area contributed by atoms with Crippen molar-refractivity contribution in [2.75, 3.05) is 26.3 Å². The zero-order valence-electron chi connectivity index (χ0n) is 10.5. The lowest BCUT2D eigenvalue weighted by Gasteiger charge is -2.17. The lowest BCUT2D eigenvalue weighted by Crippen LogP contribution is -2.26. The van der Waals surface area contributed by atoms with Gasteiger partial charge in [-0.15, -0.1) is 17.9 Å². The number of hydrogen-bond acceptors (Lipinski definition) is 6. The molecule has 1 aromatic heterocycles. The van der Waals surface area contributed by atoms with Crippen molar-refractivity contribution in [3.05, 3.63) is 28.7 Å². The predicted octanol–water partition coefficient (Wildman–Crippen LogP) is 1.30. The third-order valence-electron chi connectivity index (χ3n) is 2.19. The fourth-order valence-electron chi connectivity index (χ4n) is 1.45. The second kappa shape index (κ2) is 7.97. The first-order chi connectivity index (χ1) is 8.71. The summed E-state index contributed by atoms with van der Waals surface area (Å²) in [6, 6.07) is 0. The number of hydrogen-bond donors (Lipinski definition) is 1. The van der Waals surface area contributed by atoms with Crippen molar-refractivity contribution in [1.29, 1.82) is 0 Å². The summed E-state index contributed by atoms with van der Waals surface area (Å²) in [7, 11) is 0. The summed E-state index contributed by atoms with van der Waals surface area (Å²) in [5.74, 6) is -0.383. The summed E-state index contributed by atoms with van der Waals surface area (Å²) in [5, 5.41) is 11.1. The molecule has 6 heteroatoms. The van der Waals surface area contributed by atoms with Crippen molar-refractivity contribution in [2.24, 2.45) is 0 Å². The van der Waals surface area contributed by atoms with Gasteiger partial charge in [-0.1, -0.05) is 6.08 Å². The molecule has 100 valence electrons. The Morgan fingerprint density at radius 2 is 2.50 bits per heavy atom. The van der Waals surface area contributed by atoms with Crippen molar-refractivity contribution in [3.63, 3.8) is 0 Å². The van der Waals surface area contributed by atoms with E-state index in [1.165, 1.54) is 11.3 Å². The van der Waals surface area contributed by atoms with Crippen LogP contribution in [0.1, 0.15) is 22.4 Å². The van der Waals surface area contributed by atoms with Crippen molar-refractivity contribution < 1.29 is 14.6 Å². The molecule has 0 aliphatic carbocycles. The molecule has 0 fully saturated rings. The van der Waals surface area contributed by atoms with E-state index in [1.54, 1.807) is 13.0 Å². The first-order valence-corrected chi connectivity index (χ1v) is 6.64. The normalized spacial score (nSPS) is 10.6. The largest absolute Gasteiger partial charge is 0.461 e. The van der Waals surface area contributed by atoms with Crippen molar-refractivity contribution in [3.8, 4) is 0 Å². The Bertz CT molecular complexity index is 392. The minimum absolute atomic E-state index is 0.0860. The molecule has 1 aromatic rings. The van der Waals surface area contributed by atoms with E-state index < -0.39 is 0 Å². The third-order valence-corrected chi connectivity index (χ3v) is 3.06. The molecule has 5 nitrogen and oxygen atoms in total. The maximum absolute atomic E-state index is 11.5. The SMILES string of the molecule is C=CCN(CCO)Cc1csc(C(=O)OCC)n1. The molecule has 0 aromatic carbocycles. The molecule has 0 radical (unpaired) electrons. The number of rotatable bonds is 8. The van der Waals surface area contributed by atoms with Gasteiger partial charge in [0.25, 0.3) is 0 Å². The Morgan fingerprint density at radius 1 is 1.72 bits per heavy atom. The summed E-state index contributed by atoms with van der Waals surface area (Å²) in [6.07, 6.45) is 1.77. The van der Waals surface area contributed by atoms with E-state index in [9.17, 15) is 4.79 Å². The molecule has 0 amide bonds. The number of carbonyl (C=O) groups is 1. The molecule has 0 bridgehead atoms. The van der Waals surface area contributed by atoms with Gasteiger partial charge in [-0.05, 0) is 6.92 Å². The highest BCUT2D eigenvalue weighted by Crippen LogP contribution is 2.13. The molecule has 1 rings (SSSR count). The lowest BCUT2D eigenvalue weighted by molar-refractivity contribution is 0.0525. The standard InChI is InChI=1S/C12H18N2O3S/c1-3-5-14(6-7-15)8-10-9-18-11(13-10)12(16)17-4-2/h3,9,15H,1,4-8H2,2H3. The third kappa shape index (κ3) is 4.56. The van der Waals surface area contributed by atoms with Gasteiger partial charge in [0.2, 0.25) is 5.01 Å². The number of esters is 1. The van der Waals surface area contributed by atoms with Crippen LogP contribution in [0, 0.1) is 0 Å². The summed E-state index contributed by atoms with van der Waals surface area (Å²) < 4.78 is 4.88. The number of aliphatic hydroxyl groups is 1. The van der Waals surface area contributed by atoms with Crippen LogP contribution < -0.4 is 0 Å². The second-order valence-corrected chi connectivity index (χ2v) is 4.47. The summed E-state index contributed by atoms with van der Waals surface area (Å²) in [4.78, 5) is 17.7. The maximum Gasteiger partial charge on any atom is 0.367 e. The highest BCUT2D eigenvalue weighted by molar-refractivity contribution is 7.11. The molecule has 0 saturated carbocycles. The number of aliphatic hydroxyl groups excluding tert-OH is 1. The van der Waals surface area contributed by atoms with Crippen LogP contribution in [-0.2, 0) is 11.3 Å². The van der Waals surface area contributed by atoms with Gasteiger partial charge in [0.1, 0.15) is 0 Å². The number of thiazole rings is 1. The molecule has 0 atom stereocenters. The fraction of sp³-hybridized carbons (Fsp3) is 0.500. The number of carbonyl (C=O) groups excluding carboxylic acids is 1. The molecule has 1 N–H and O–H groups in total.